The number of hydrogen-bond donors (Lipinski definition) is 2. The van der Waals surface area contributed by atoms with Gasteiger partial charge in [0.25, 0.3) is 0 Å². The Kier molecular flexibility index (Phi) is 3.84. The molecule has 0 spiro atoms. The van der Waals surface area contributed by atoms with E-state index in [2.05, 4.69) is 41.7 Å². The lowest BCUT2D eigenvalue weighted by molar-refractivity contribution is 0.165. The molecular weight excluding hydrogens is 246 g/mol. The third kappa shape index (κ3) is 3.09. The Bertz CT molecular complexity index is 591. The van der Waals surface area contributed by atoms with Crippen molar-refractivity contribution in [2.24, 2.45) is 0 Å². The molecule has 3 rings (SSSR count). The van der Waals surface area contributed by atoms with E-state index in [4.69, 9.17) is 0 Å². The van der Waals surface area contributed by atoms with E-state index in [1.165, 1.54) is 11.1 Å². The molecule has 102 valence electrons. The Balaban J connectivity index is 1.79. The molecule has 0 saturated carbocycles. The van der Waals surface area contributed by atoms with Gasteiger partial charge in [-0.2, -0.15) is 0 Å². The number of rotatable bonds is 2. The SMILES string of the molecule is O[C@H]1Cc2ccccc2N[C@H](/C=C/c2ccccc2)C1. The number of nitrogens with one attached hydrogen (secondary N) is 1. The van der Waals surface area contributed by atoms with Gasteiger partial charge in [-0.15, -0.1) is 0 Å². The van der Waals surface area contributed by atoms with Crippen LogP contribution in [0.15, 0.2) is 60.7 Å². The van der Waals surface area contributed by atoms with Crippen molar-refractivity contribution >= 4 is 11.8 Å². The summed E-state index contributed by atoms with van der Waals surface area (Å²) in [7, 11) is 0. The molecule has 2 heteroatoms. The first-order chi connectivity index (χ1) is 9.81. The van der Waals surface area contributed by atoms with Gasteiger partial charge in [-0.05, 0) is 23.6 Å². The summed E-state index contributed by atoms with van der Waals surface area (Å²) in [4.78, 5) is 0. The lowest BCUT2D eigenvalue weighted by atomic mass is 10.0. The van der Waals surface area contributed by atoms with Gasteiger partial charge in [0.2, 0.25) is 0 Å². The highest BCUT2D eigenvalue weighted by Crippen LogP contribution is 2.24. The van der Waals surface area contributed by atoms with E-state index in [0.29, 0.717) is 0 Å². The maximum Gasteiger partial charge on any atom is 0.0604 e. The first-order valence-electron chi connectivity index (χ1n) is 7.07. The van der Waals surface area contributed by atoms with Crippen LogP contribution in [0, 0.1) is 0 Å². The van der Waals surface area contributed by atoms with E-state index in [-0.39, 0.29) is 12.1 Å². The molecule has 0 saturated heterocycles. The second-order valence-corrected chi connectivity index (χ2v) is 5.27. The van der Waals surface area contributed by atoms with E-state index in [9.17, 15) is 5.11 Å². The van der Waals surface area contributed by atoms with Crippen LogP contribution < -0.4 is 5.32 Å². The number of fused-ring (bicyclic) bond motifs is 1. The Hall–Kier alpha value is -2.06. The highest BCUT2D eigenvalue weighted by molar-refractivity contribution is 5.56. The summed E-state index contributed by atoms with van der Waals surface area (Å²) in [5.41, 5.74) is 3.50. The van der Waals surface area contributed by atoms with Crippen molar-refractivity contribution in [3.8, 4) is 0 Å². The minimum Gasteiger partial charge on any atom is -0.393 e. The molecular formula is C18H19NO. The summed E-state index contributed by atoms with van der Waals surface area (Å²) >= 11 is 0. The van der Waals surface area contributed by atoms with Crippen LogP contribution in [0.5, 0.6) is 0 Å². The molecule has 2 atom stereocenters. The fourth-order valence-electron chi connectivity index (χ4n) is 2.65. The fraction of sp³-hybridized carbons (Fsp3) is 0.222. The summed E-state index contributed by atoms with van der Waals surface area (Å²) in [5.74, 6) is 0. The van der Waals surface area contributed by atoms with Crippen molar-refractivity contribution in [2.75, 3.05) is 5.32 Å². The van der Waals surface area contributed by atoms with E-state index in [1.54, 1.807) is 0 Å². The van der Waals surface area contributed by atoms with Crippen molar-refractivity contribution in [3.05, 3.63) is 71.8 Å². The van der Waals surface area contributed by atoms with Crippen molar-refractivity contribution in [1.82, 2.24) is 0 Å². The fourth-order valence-corrected chi connectivity index (χ4v) is 2.65. The standard InChI is InChI=1S/C18H19NO/c20-17-12-15-8-4-5-9-18(15)19-16(13-17)11-10-14-6-2-1-3-7-14/h1-11,16-17,19-20H,12-13H2/b11-10+/t16-,17+/m1/s1. The average molecular weight is 265 g/mol. The molecule has 1 aliphatic heterocycles. The number of aliphatic hydroxyl groups excluding tert-OH is 1. The van der Waals surface area contributed by atoms with Crippen LogP contribution in [-0.4, -0.2) is 17.3 Å². The van der Waals surface area contributed by atoms with E-state index < -0.39 is 0 Å². The van der Waals surface area contributed by atoms with Gasteiger partial charge in [0.1, 0.15) is 0 Å². The molecule has 0 amide bonds. The van der Waals surface area contributed by atoms with Crippen LogP contribution in [0.3, 0.4) is 0 Å². The summed E-state index contributed by atoms with van der Waals surface area (Å²) < 4.78 is 0. The van der Waals surface area contributed by atoms with Crippen LogP contribution in [0.4, 0.5) is 5.69 Å². The summed E-state index contributed by atoms with van der Waals surface area (Å²) in [5, 5.41) is 13.6. The minimum atomic E-state index is -0.295. The Morgan fingerprint density at radius 2 is 1.75 bits per heavy atom. The van der Waals surface area contributed by atoms with Crippen LogP contribution in [0.25, 0.3) is 6.08 Å². The summed E-state index contributed by atoms with van der Waals surface area (Å²) in [6, 6.07) is 18.6. The Morgan fingerprint density at radius 3 is 2.60 bits per heavy atom. The average Bonchev–Trinajstić information content (AvgIpc) is 2.63. The number of para-hydroxylation sites is 1. The van der Waals surface area contributed by atoms with E-state index in [1.807, 2.05) is 30.3 Å². The van der Waals surface area contributed by atoms with Gasteiger partial charge in [0, 0.05) is 18.2 Å². The van der Waals surface area contributed by atoms with Gasteiger partial charge in [-0.1, -0.05) is 60.7 Å². The van der Waals surface area contributed by atoms with Crippen molar-refractivity contribution < 1.29 is 5.11 Å². The normalized spacial score (nSPS) is 22.1. The second-order valence-electron chi connectivity index (χ2n) is 5.27. The van der Waals surface area contributed by atoms with Crippen LogP contribution in [-0.2, 0) is 6.42 Å². The molecule has 1 aliphatic rings. The van der Waals surface area contributed by atoms with Gasteiger partial charge in [0.15, 0.2) is 0 Å². The molecule has 20 heavy (non-hydrogen) atoms. The van der Waals surface area contributed by atoms with Crippen molar-refractivity contribution in [1.29, 1.82) is 0 Å². The predicted octanol–water partition coefficient (Wildman–Crippen LogP) is 3.49. The number of anilines is 1. The quantitative estimate of drug-likeness (QED) is 0.871. The molecule has 2 aromatic carbocycles. The van der Waals surface area contributed by atoms with Crippen LogP contribution in [0.2, 0.25) is 0 Å². The molecule has 2 nitrogen and oxygen atoms in total. The van der Waals surface area contributed by atoms with Gasteiger partial charge in [-0.25, -0.2) is 0 Å². The predicted molar refractivity (Wildman–Crippen MR) is 83.7 cm³/mol. The summed E-state index contributed by atoms with van der Waals surface area (Å²) in [6.07, 6.45) is 5.41. The largest absolute Gasteiger partial charge is 0.393 e. The molecule has 2 aromatic rings. The van der Waals surface area contributed by atoms with Gasteiger partial charge >= 0.3 is 0 Å². The van der Waals surface area contributed by atoms with E-state index in [0.717, 1.165) is 18.5 Å². The lowest BCUT2D eigenvalue weighted by Crippen LogP contribution is -2.21. The summed E-state index contributed by atoms with van der Waals surface area (Å²) in [6.45, 7) is 0. The van der Waals surface area contributed by atoms with Gasteiger partial charge in [0.05, 0.1) is 6.10 Å². The van der Waals surface area contributed by atoms with Crippen molar-refractivity contribution in [3.63, 3.8) is 0 Å². The zero-order valence-electron chi connectivity index (χ0n) is 11.4. The maximum atomic E-state index is 10.1. The highest BCUT2D eigenvalue weighted by Gasteiger charge is 2.19. The zero-order chi connectivity index (χ0) is 13.8. The second kappa shape index (κ2) is 5.93. The highest BCUT2D eigenvalue weighted by atomic mass is 16.3. The zero-order valence-corrected chi connectivity index (χ0v) is 11.4. The molecule has 0 bridgehead atoms. The molecule has 1 heterocycles. The third-order valence-corrected chi connectivity index (χ3v) is 3.66. The molecule has 0 unspecified atom stereocenters. The molecule has 0 fully saturated rings. The van der Waals surface area contributed by atoms with E-state index >= 15 is 0 Å². The molecule has 2 N–H and O–H groups in total. The number of benzene rings is 2. The van der Waals surface area contributed by atoms with Crippen molar-refractivity contribution in [2.45, 2.75) is 25.0 Å². The number of hydrogen-bond acceptors (Lipinski definition) is 2. The number of aliphatic hydroxyl groups is 1. The van der Waals surface area contributed by atoms with Gasteiger partial charge < -0.3 is 10.4 Å². The Labute approximate surface area is 119 Å². The first kappa shape index (κ1) is 12.9. The molecule has 0 aliphatic carbocycles. The van der Waals surface area contributed by atoms with Crippen LogP contribution >= 0.6 is 0 Å². The van der Waals surface area contributed by atoms with Crippen LogP contribution in [0.1, 0.15) is 17.5 Å². The Morgan fingerprint density at radius 1 is 1.00 bits per heavy atom. The lowest BCUT2D eigenvalue weighted by Gasteiger charge is -2.15. The minimum absolute atomic E-state index is 0.161. The van der Waals surface area contributed by atoms with Gasteiger partial charge in [-0.3, -0.25) is 0 Å². The monoisotopic (exact) mass is 265 g/mol. The maximum absolute atomic E-state index is 10.1. The molecule has 0 radical (unpaired) electrons. The smallest absolute Gasteiger partial charge is 0.0604 e. The molecule has 0 aromatic heterocycles. The first-order valence-corrected chi connectivity index (χ1v) is 7.07. The third-order valence-electron chi connectivity index (χ3n) is 3.66. The topological polar surface area (TPSA) is 32.3 Å².